The SMILES string of the molecule is O=C1CCCN1c1ccc(NC(=S)NC2(CCc3ccccc3)CCCC2)cc1. The largest absolute Gasteiger partial charge is 0.357 e. The number of nitrogens with zero attached hydrogens (tertiary/aromatic N) is 1. The maximum atomic E-state index is 11.9. The number of hydrogen-bond donors (Lipinski definition) is 2. The standard InChI is InChI=1S/C24H29N3OS/c28-22-9-6-18-27(22)21-12-10-20(11-13-21)25-23(29)26-24(15-4-5-16-24)17-14-19-7-2-1-3-8-19/h1-3,7-8,10-13H,4-6,9,14-18H2,(H2,25,26,29). The first-order valence-electron chi connectivity index (χ1n) is 10.7. The molecular formula is C24H29N3OS. The van der Waals surface area contributed by atoms with Crippen LogP contribution in [0.3, 0.4) is 0 Å². The van der Waals surface area contributed by atoms with Crippen molar-refractivity contribution in [1.82, 2.24) is 5.32 Å². The Kier molecular flexibility index (Phi) is 6.14. The van der Waals surface area contributed by atoms with Crippen molar-refractivity contribution in [3.05, 3.63) is 60.2 Å². The van der Waals surface area contributed by atoms with Crippen LogP contribution < -0.4 is 15.5 Å². The van der Waals surface area contributed by atoms with Crippen LogP contribution >= 0.6 is 12.2 Å². The monoisotopic (exact) mass is 407 g/mol. The van der Waals surface area contributed by atoms with Crippen molar-refractivity contribution in [2.75, 3.05) is 16.8 Å². The minimum absolute atomic E-state index is 0.0852. The minimum Gasteiger partial charge on any atom is -0.357 e. The number of amides is 1. The molecule has 2 fully saturated rings. The van der Waals surface area contributed by atoms with Gasteiger partial charge in [-0.1, -0.05) is 43.2 Å². The van der Waals surface area contributed by atoms with Gasteiger partial charge in [-0.05, 0) is 74.2 Å². The highest BCUT2D eigenvalue weighted by atomic mass is 32.1. The van der Waals surface area contributed by atoms with E-state index in [0.717, 1.165) is 50.0 Å². The molecule has 2 aromatic rings. The van der Waals surface area contributed by atoms with E-state index in [4.69, 9.17) is 12.2 Å². The van der Waals surface area contributed by atoms with Crippen molar-refractivity contribution in [2.24, 2.45) is 0 Å². The van der Waals surface area contributed by atoms with Crippen molar-refractivity contribution < 1.29 is 4.79 Å². The molecule has 2 N–H and O–H groups in total. The molecule has 4 nitrogen and oxygen atoms in total. The van der Waals surface area contributed by atoms with Crippen molar-refractivity contribution >= 4 is 34.6 Å². The molecule has 1 heterocycles. The Morgan fingerprint density at radius 3 is 2.38 bits per heavy atom. The van der Waals surface area contributed by atoms with Crippen LogP contribution in [0.2, 0.25) is 0 Å². The summed E-state index contributed by atoms with van der Waals surface area (Å²) in [6.45, 7) is 0.815. The zero-order valence-corrected chi connectivity index (χ0v) is 17.6. The lowest BCUT2D eigenvalue weighted by molar-refractivity contribution is -0.117. The van der Waals surface area contributed by atoms with Gasteiger partial charge < -0.3 is 15.5 Å². The summed E-state index contributed by atoms with van der Waals surface area (Å²) in [5, 5.41) is 7.67. The van der Waals surface area contributed by atoms with E-state index in [1.165, 1.54) is 18.4 Å². The van der Waals surface area contributed by atoms with Gasteiger partial charge in [-0.15, -0.1) is 0 Å². The van der Waals surface area contributed by atoms with Crippen LogP contribution in [-0.4, -0.2) is 23.1 Å². The Balaban J connectivity index is 1.35. The molecule has 1 aliphatic heterocycles. The van der Waals surface area contributed by atoms with Gasteiger partial charge in [0.25, 0.3) is 0 Å². The average Bonchev–Trinajstić information content (AvgIpc) is 3.37. The fourth-order valence-corrected chi connectivity index (χ4v) is 4.90. The summed E-state index contributed by atoms with van der Waals surface area (Å²) in [5.74, 6) is 0.212. The third kappa shape index (κ3) is 4.96. The number of anilines is 2. The predicted octanol–water partition coefficient (Wildman–Crippen LogP) is 5.05. The van der Waals surface area contributed by atoms with E-state index in [0.29, 0.717) is 11.5 Å². The van der Waals surface area contributed by atoms with E-state index in [-0.39, 0.29) is 11.4 Å². The van der Waals surface area contributed by atoms with Gasteiger partial charge in [-0.2, -0.15) is 0 Å². The number of nitrogens with one attached hydrogen (secondary N) is 2. The molecular weight excluding hydrogens is 378 g/mol. The van der Waals surface area contributed by atoms with Crippen molar-refractivity contribution in [3.63, 3.8) is 0 Å². The van der Waals surface area contributed by atoms with Gasteiger partial charge in [0.05, 0.1) is 0 Å². The lowest BCUT2D eigenvalue weighted by Crippen LogP contribution is -2.48. The summed E-state index contributed by atoms with van der Waals surface area (Å²) >= 11 is 5.65. The fourth-order valence-electron chi connectivity index (χ4n) is 4.57. The molecule has 0 aromatic heterocycles. The molecule has 0 bridgehead atoms. The number of carbonyl (C=O) groups is 1. The average molecular weight is 408 g/mol. The minimum atomic E-state index is 0.0852. The highest BCUT2D eigenvalue weighted by Crippen LogP contribution is 2.34. The Bertz CT molecular complexity index is 844. The first-order chi connectivity index (χ1) is 14.1. The molecule has 0 radical (unpaired) electrons. The maximum Gasteiger partial charge on any atom is 0.227 e. The number of aryl methyl sites for hydroxylation is 1. The second kappa shape index (κ2) is 8.95. The molecule has 152 valence electrons. The number of benzene rings is 2. The lowest BCUT2D eigenvalue weighted by Gasteiger charge is -2.32. The third-order valence-electron chi connectivity index (χ3n) is 6.18. The predicted molar refractivity (Wildman–Crippen MR) is 123 cm³/mol. The van der Waals surface area contributed by atoms with Crippen LogP contribution in [0.4, 0.5) is 11.4 Å². The number of hydrogen-bond acceptors (Lipinski definition) is 2. The van der Waals surface area contributed by atoms with Crippen molar-refractivity contribution in [3.8, 4) is 0 Å². The Hall–Kier alpha value is -2.40. The first kappa shape index (κ1) is 19.9. The molecule has 2 aromatic carbocycles. The highest BCUT2D eigenvalue weighted by Gasteiger charge is 2.34. The lowest BCUT2D eigenvalue weighted by atomic mass is 9.89. The summed E-state index contributed by atoms with van der Waals surface area (Å²) in [6.07, 6.45) is 8.59. The van der Waals surface area contributed by atoms with E-state index in [1.54, 1.807) is 0 Å². The summed E-state index contributed by atoms with van der Waals surface area (Å²) in [6, 6.07) is 18.7. The van der Waals surface area contributed by atoms with Crippen molar-refractivity contribution in [2.45, 2.75) is 56.9 Å². The van der Waals surface area contributed by atoms with Gasteiger partial charge in [-0.3, -0.25) is 4.79 Å². The van der Waals surface area contributed by atoms with Gasteiger partial charge in [0.2, 0.25) is 5.91 Å². The van der Waals surface area contributed by atoms with Crippen molar-refractivity contribution in [1.29, 1.82) is 0 Å². The molecule has 0 unspecified atom stereocenters. The fraction of sp³-hybridized carbons (Fsp3) is 0.417. The normalized spacial score (nSPS) is 18.1. The van der Waals surface area contributed by atoms with Crippen LogP contribution in [0.5, 0.6) is 0 Å². The van der Waals surface area contributed by atoms with Crippen LogP contribution in [0.25, 0.3) is 0 Å². The summed E-state index contributed by atoms with van der Waals surface area (Å²) in [7, 11) is 0. The molecule has 1 amide bonds. The van der Waals surface area contributed by atoms with E-state index in [9.17, 15) is 4.79 Å². The van der Waals surface area contributed by atoms with E-state index < -0.39 is 0 Å². The Morgan fingerprint density at radius 1 is 1.00 bits per heavy atom. The maximum absolute atomic E-state index is 11.9. The summed E-state index contributed by atoms with van der Waals surface area (Å²) in [5.41, 5.74) is 3.38. The molecule has 1 aliphatic carbocycles. The van der Waals surface area contributed by atoms with Gasteiger partial charge in [0.1, 0.15) is 0 Å². The molecule has 0 spiro atoms. The second-order valence-electron chi connectivity index (χ2n) is 8.25. The zero-order valence-electron chi connectivity index (χ0n) is 16.8. The molecule has 1 saturated carbocycles. The van der Waals surface area contributed by atoms with Gasteiger partial charge >= 0.3 is 0 Å². The van der Waals surface area contributed by atoms with Crippen LogP contribution in [0.15, 0.2) is 54.6 Å². The van der Waals surface area contributed by atoms with Gasteiger partial charge in [0.15, 0.2) is 5.11 Å². The van der Waals surface area contributed by atoms with Gasteiger partial charge in [-0.25, -0.2) is 0 Å². The molecule has 0 atom stereocenters. The summed E-state index contributed by atoms with van der Waals surface area (Å²) < 4.78 is 0. The smallest absolute Gasteiger partial charge is 0.227 e. The second-order valence-corrected chi connectivity index (χ2v) is 8.66. The topological polar surface area (TPSA) is 44.4 Å². The molecule has 4 rings (SSSR count). The molecule has 5 heteroatoms. The number of rotatable bonds is 6. The molecule has 1 saturated heterocycles. The molecule has 29 heavy (non-hydrogen) atoms. The number of carbonyl (C=O) groups excluding carboxylic acids is 1. The number of thiocarbonyl (C=S) groups is 1. The Labute approximate surface area is 178 Å². The third-order valence-corrected chi connectivity index (χ3v) is 6.39. The van der Waals surface area contributed by atoms with Crippen LogP contribution in [0.1, 0.15) is 50.5 Å². The molecule has 2 aliphatic rings. The van der Waals surface area contributed by atoms with E-state index >= 15 is 0 Å². The van der Waals surface area contributed by atoms with Gasteiger partial charge in [0, 0.05) is 29.9 Å². The van der Waals surface area contributed by atoms with Crippen LogP contribution in [-0.2, 0) is 11.2 Å². The van der Waals surface area contributed by atoms with E-state index in [2.05, 4.69) is 41.0 Å². The van der Waals surface area contributed by atoms with E-state index in [1.807, 2.05) is 29.2 Å². The first-order valence-corrected chi connectivity index (χ1v) is 11.1. The highest BCUT2D eigenvalue weighted by molar-refractivity contribution is 7.80. The van der Waals surface area contributed by atoms with Crippen LogP contribution in [0, 0.1) is 0 Å². The zero-order chi connectivity index (χ0) is 20.1. The quantitative estimate of drug-likeness (QED) is 0.658. The summed E-state index contributed by atoms with van der Waals surface area (Å²) in [4.78, 5) is 13.8. The Morgan fingerprint density at radius 2 is 1.72 bits per heavy atom.